The van der Waals surface area contributed by atoms with E-state index >= 15 is 0 Å². The number of rotatable bonds is 4. The van der Waals surface area contributed by atoms with E-state index < -0.39 is 0 Å². The Hall–Kier alpha value is -0.510. The third-order valence-corrected chi connectivity index (χ3v) is 4.63. The van der Waals surface area contributed by atoms with Gasteiger partial charge >= 0.3 is 0 Å². The van der Waals surface area contributed by atoms with Gasteiger partial charge in [0.05, 0.1) is 6.61 Å². The highest BCUT2D eigenvalue weighted by molar-refractivity contribution is 7.94. The Balaban J connectivity index is 1.91. The van der Waals surface area contributed by atoms with Gasteiger partial charge in [-0.3, -0.25) is 0 Å². The van der Waals surface area contributed by atoms with Crippen LogP contribution < -0.4 is 0 Å². The van der Waals surface area contributed by atoms with E-state index in [9.17, 15) is 0 Å². The molecule has 19 heavy (non-hydrogen) atoms. The highest BCUT2D eigenvalue weighted by Gasteiger charge is 2.22. The van der Waals surface area contributed by atoms with Crippen molar-refractivity contribution in [3.8, 4) is 0 Å². The molecule has 0 amide bonds. The average Bonchev–Trinajstić information content (AvgIpc) is 2.65. The Morgan fingerprint density at radius 3 is 2.68 bits per heavy atom. The van der Waals surface area contributed by atoms with Crippen LogP contribution >= 0.6 is 12.0 Å². The van der Waals surface area contributed by atoms with Crippen LogP contribution in [0.2, 0.25) is 0 Å². The second kappa shape index (κ2) is 6.78. The van der Waals surface area contributed by atoms with Gasteiger partial charge in [-0.2, -0.15) is 0 Å². The smallest absolute Gasteiger partial charge is 0.0741 e. The molecule has 0 N–H and O–H groups in total. The minimum absolute atomic E-state index is 0.244. The van der Waals surface area contributed by atoms with Gasteiger partial charge in [-0.25, -0.2) is 0 Å². The van der Waals surface area contributed by atoms with Gasteiger partial charge in [0.25, 0.3) is 0 Å². The van der Waals surface area contributed by atoms with E-state index in [0.29, 0.717) is 0 Å². The summed E-state index contributed by atoms with van der Waals surface area (Å²) in [7, 11) is 0. The van der Waals surface area contributed by atoms with Crippen LogP contribution in [-0.4, -0.2) is 36.9 Å². The summed E-state index contributed by atoms with van der Waals surface area (Å²) in [6, 6.07) is 8.98. The third kappa shape index (κ3) is 4.51. The number of hydrogen-bond acceptors (Lipinski definition) is 3. The summed E-state index contributed by atoms with van der Waals surface area (Å²) in [6.45, 7) is 11.1. The lowest BCUT2D eigenvalue weighted by atomic mass is 9.81. The van der Waals surface area contributed by atoms with Crippen LogP contribution in [0.15, 0.2) is 24.3 Å². The van der Waals surface area contributed by atoms with Crippen LogP contribution in [0, 0.1) is 6.92 Å². The molecule has 1 aromatic carbocycles. The van der Waals surface area contributed by atoms with Crippen molar-refractivity contribution in [2.45, 2.75) is 32.6 Å². The maximum Gasteiger partial charge on any atom is 0.0741 e. The summed E-state index contributed by atoms with van der Waals surface area (Å²) in [6.07, 6.45) is 1.20. The van der Waals surface area contributed by atoms with Gasteiger partial charge in [0.1, 0.15) is 0 Å². The van der Waals surface area contributed by atoms with E-state index in [1.807, 2.05) is 0 Å². The first-order valence-corrected chi connectivity index (χ1v) is 8.03. The zero-order valence-corrected chi connectivity index (χ0v) is 13.1. The van der Waals surface area contributed by atoms with Crippen LogP contribution in [0.4, 0.5) is 0 Å². The molecule has 0 aliphatic carbocycles. The zero-order valence-electron chi connectivity index (χ0n) is 12.3. The third-order valence-electron chi connectivity index (χ3n) is 3.95. The molecule has 1 aromatic rings. The predicted molar refractivity (Wildman–Crippen MR) is 83.7 cm³/mol. The summed E-state index contributed by atoms with van der Waals surface area (Å²) in [5, 5.41) is 0. The summed E-state index contributed by atoms with van der Waals surface area (Å²) in [5.41, 5.74) is 3.02. The highest BCUT2D eigenvalue weighted by atomic mass is 32.2. The fourth-order valence-corrected chi connectivity index (χ4v) is 3.02. The molecule has 1 fully saturated rings. The molecule has 2 nitrogen and oxygen atoms in total. The maximum absolute atomic E-state index is 5.43. The second-order valence-electron chi connectivity index (χ2n) is 5.99. The standard InChI is InChI=1S/C16H25NOS/c1-14-4-6-15(7-5-14)16(2,3)8-9-17-10-12-18-19-13-11-17/h4-7H,8-13H2,1-3H3. The number of nitrogens with zero attached hydrogens (tertiary/aromatic N) is 1. The SMILES string of the molecule is Cc1ccc(C(C)(C)CCN2CCOSCC2)cc1. The zero-order chi connectivity index (χ0) is 13.7. The van der Waals surface area contributed by atoms with Gasteiger partial charge in [0, 0.05) is 18.8 Å². The molecule has 1 aliphatic rings. The van der Waals surface area contributed by atoms with Crippen LogP contribution in [0.3, 0.4) is 0 Å². The van der Waals surface area contributed by atoms with Crippen molar-refractivity contribution in [3.63, 3.8) is 0 Å². The summed E-state index contributed by atoms with van der Waals surface area (Å²) >= 11 is 1.61. The molecule has 0 saturated carbocycles. The topological polar surface area (TPSA) is 12.5 Å². The Morgan fingerprint density at radius 2 is 1.95 bits per heavy atom. The molecular formula is C16H25NOS. The van der Waals surface area contributed by atoms with E-state index in [0.717, 1.165) is 32.0 Å². The van der Waals surface area contributed by atoms with E-state index in [2.05, 4.69) is 49.9 Å². The molecule has 2 rings (SSSR count). The second-order valence-corrected chi connectivity index (χ2v) is 6.87. The maximum atomic E-state index is 5.43. The number of aryl methyl sites for hydroxylation is 1. The lowest BCUT2D eigenvalue weighted by molar-refractivity contribution is 0.231. The molecule has 0 unspecified atom stereocenters. The molecule has 106 valence electrons. The first-order chi connectivity index (χ1) is 9.08. The summed E-state index contributed by atoms with van der Waals surface area (Å²) < 4.78 is 5.43. The Labute approximate surface area is 121 Å². The van der Waals surface area contributed by atoms with Crippen molar-refractivity contribution >= 4 is 12.0 Å². The fraction of sp³-hybridized carbons (Fsp3) is 0.625. The van der Waals surface area contributed by atoms with Crippen molar-refractivity contribution in [2.75, 3.05) is 32.0 Å². The van der Waals surface area contributed by atoms with Crippen LogP contribution in [0.25, 0.3) is 0 Å². The molecule has 1 aliphatic heterocycles. The Morgan fingerprint density at radius 1 is 1.21 bits per heavy atom. The quantitative estimate of drug-likeness (QED) is 0.781. The first-order valence-electron chi connectivity index (χ1n) is 7.12. The summed E-state index contributed by atoms with van der Waals surface area (Å²) in [5.74, 6) is 1.09. The molecule has 0 aromatic heterocycles. The van der Waals surface area contributed by atoms with Gasteiger partial charge in [-0.15, -0.1) is 0 Å². The van der Waals surface area contributed by atoms with E-state index in [-0.39, 0.29) is 5.41 Å². The highest BCUT2D eigenvalue weighted by Crippen LogP contribution is 2.27. The van der Waals surface area contributed by atoms with Gasteiger partial charge in [0.2, 0.25) is 0 Å². The van der Waals surface area contributed by atoms with Crippen molar-refractivity contribution in [2.24, 2.45) is 0 Å². The van der Waals surface area contributed by atoms with E-state index in [1.165, 1.54) is 17.5 Å². The van der Waals surface area contributed by atoms with Gasteiger partial charge in [-0.1, -0.05) is 43.7 Å². The van der Waals surface area contributed by atoms with Crippen molar-refractivity contribution in [1.29, 1.82) is 0 Å². The molecule has 1 heterocycles. The lowest BCUT2D eigenvalue weighted by Crippen LogP contribution is -2.32. The summed E-state index contributed by atoms with van der Waals surface area (Å²) in [4.78, 5) is 2.52. The molecular weight excluding hydrogens is 254 g/mol. The fourth-order valence-electron chi connectivity index (χ4n) is 2.37. The monoisotopic (exact) mass is 279 g/mol. The minimum Gasteiger partial charge on any atom is -0.314 e. The minimum atomic E-state index is 0.244. The van der Waals surface area contributed by atoms with Crippen molar-refractivity contribution < 1.29 is 4.18 Å². The molecule has 3 heteroatoms. The molecule has 0 atom stereocenters. The molecule has 0 spiro atoms. The van der Waals surface area contributed by atoms with Crippen LogP contribution in [0.5, 0.6) is 0 Å². The first kappa shape index (κ1) is 14.9. The van der Waals surface area contributed by atoms with Gasteiger partial charge in [0.15, 0.2) is 0 Å². The number of benzene rings is 1. The van der Waals surface area contributed by atoms with E-state index in [1.54, 1.807) is 12.0 Å². The van der Waals surface area contributed by atoms with Gasteiger partial charge < -0.3 is 9.08 Å². The van der Waals surface area contributed by atoms with E-state index in [4.69, 9.17) is 4.18 Å². The number of hydrogen-bond donors (Lipinski definition) is 0. The van der Waals surface area contributed by atoms with Crippen molar-refractivity contribution in [3.05, 3.63) is 35.4 Å². The van der Waals surface area contributed by atoms with Crippen molar-refractivity contribution in [1.82, 2.24) is 4.90 Å². The van der Waals surface area contributed by atoms with Crippen LogP contribution in [-0.2, 0) is 9.60 Å². The molecule has 1 saturated heterocycles. The largest absolute Gasteiger partial charge is 0.314 e. The van der Waals surface area contributed by atoms with Gasteiger partial charge in [-0.05, 0) is 42.9 Å². The Bertz CT molecular complexity index is 380. The Kier molecular flexibility index (Phi) is 5.31. The van der Waals surface area contributed by atoms with Crippen LogP contribution in [0.1, 0.15) is 31.4 Å². The molecule has 0 bridgehead atoms. The predicted octanol–water partition coefficient (Wildman–Crippen LogP) is 3.64. The normalized spacial score (nSPS) is 18.3. The average molecular weight is 279 g/mol. The molecule has 0 radical (unpaired) electrons. The lowest BCUT2D eigenvalue weighted by Gasteiger charge is -2.29.